The molecule has 1 aliphatic heterocycles. The number of nitrogens with zero attached hydrogens (tertiary/aromatic N) is 2. The van der Waals surface area contributed by atoms with Crippen LogP contribution >= 0.6 is 0 Å². The van der Waals surface area contributed by atoms with Gasteiger partial charge in [-0.05, 0) is 43.2 Å². The molecule has 1 heterocycles. The average Bonchev–Trinajstić information content (AvgIpc) is 3.03. The highest BCUT2D eigenvalue weighted by atomic mass is 32.2. The largest absolute Gasteiger partial charge is 0.339 e. The smallest absolute Gasteiger partial charge is 0.255 e. The maximum absolute atomic E-state index is 13.0. The zero-order valence-electron chi connectivity index (χ0n) is 17.3. The molecular formula is C22H27N3O4S. The molecule has 1 fully saturated rings. The lowest BCUT2D eigenvalue weighted by atomic mass is 10.1. The molecule has 2 aromatic carbocycles. The maximum Gasteiger partial charge on any atom is 0.255 e. The van der Waals surface area contributed by atoms with Crippen LogP contribution in [0.15, 0.2) is 53.4 Å². The van der Waals surface area contributed by atoms with E-state index < -0.39 is 15.9 Å². The fourth-order valence-electron chi connectivity index (χ4n) is 3.43. The Labute approximate surface area is 177 Å². The quantitative estimate of drug-likeness (QED) is 0.791. The van der Waals surface area contributed by atoms with Crippen molar-refractivity contribution in [3.05, 3.63) is 59.7 Å². The molecule has 1 N–H and O–H groups in total. The van der Waals surface area contributed by atoms with Gasteiger partial charge in [0.25, 0.3) is 11.8 Å². The van der Waals surface area contributed by atoms with Crippen LogP contribution < -0.4 is 5.32 Å². The van der Waals surface area contributed by atoms with Crippen LogP contribution in [0.2, 0.25) is 0 Å². The van der Waals surface area contributed by atoms with Gasteiger partial charge in [-0.15, -0.1) is 0 Å². The molecule has 0 radical (unpaired) electrons. The third-order valence-corrected chi connectivity index (χ3v) is 6.98. The summed E-state index contributed by atoms with van der Waals surface area (Å²) in [7, 11) is -0.778. The van der Waals surface area contributed by atoms with Crippen molar-refractivity contribution in [3.8, 4) is 0 Å². The number of likely N-dealkylation sites (tertiary alicyclic amines) is 1. The summed E-state index contributed by atoms with van der Waals surface area (Å²) >= 11 is 0. The van der Waals surface area contributed by atoms with Crippen LogP contribution in [0.3, 0.4) is 0 Å². The summed E-state index contributed by atoms with van der Waals surface area (Å²) in [6.45, 7) is 1.43. The second-order valence-corrected chi connectivity index (χ2v) is 9.67. The molecule has 0 spiro atoms. The Bertz CT molecular complexity index is 1030. The summed E-state index contributed by atoms with van der Waals surface area (Å²) in [5, 5.41) is 2.78. The standard InChI is InChI=1S/C22H27N3O4S/c1-24(2)30(28,29)18-11-9-10-17(16-18)21(26)23-20-13-6-5-12-19(20)22(27)25-14-7-3-4-8-15-25/h5-6,9-13,16H,3-4,7-8,14-15H2,1-2H3,(H,23,26). The first kappa shape index (κ1) is 22.0. The molecule has 2 aromatic rings. The summed E-state index contributed by atoms with van der Waals surface area (Å²) in [6.07, 6.45) is 4.20. The van der Waals surface area contributed by atoms with Crippen molar-refractivity contribution in [1.82, 2.24) is 9.21 Å². The molecule has 8 heteroatoms. The number of carbonyl (C=O) groups is 2. The van der Waals surface area contributed by atoms with E-state index in [1.807, 2.05) is 4.90 Å². The van der Waals surface area contributed by atoms with Gasteiger partial charge in [-0.25, -0.2) is 12.7 Å². The molecule has 0 saturated carbocycles. The van der Waals surface area contributed by atoms with Gasteiger partial charge in [0.1, 0.15) is 0 Å². The van der Waals surface area contributed by atoms with Crippen LogP contribution in [0.25, 0.3) is 0 Å². The Hall–Kier alpha value is -2.71. The Morgan fingerprint density at radius 3 is 2.27 bits per heavy atom. The number of nitrogens with one attached hydrogen (secondary N) is 1. The van der Waals surface area contributed by atoms with Gasteiger partial charge in [0, 0.05) is 32.7 Å². The molecule has 0 bridgehead atoms. The van der Waals surface area contributed by atoms with Crippen molar-refractivity contribution < 1.29 is 18.0 Å². The van der Waals surface area contributed by atoms with E-state index >= 15 is 0 Å². The van der Waals surface area contributed by atoms with Gasteiger partial charge in [-0.1, -0.05) is 31.0 Å². The molecule has 3 rings (SSSR count). The molecule has 0 unspecified atom stereocenters. The highest BCUT2D eigenvalue weighted by Gasteiger charge is 2.22. The fraction of sp³-hybridized carbons (Fsp3) is 0.364. The number of anilines is 1. The molecule has 2 amide bonds. The minimum Gasteiger partial charge on any atom is -0.339 e. The Kier molecular flexibility index (Phi) is 6.89. The molecular weight excluding hydrogens is 402 g/mol. The number of sulfonamides is 1. The molecule has 0 aliphatic carbocycles. The van der Waals surface area contributed by atoms with Crippen LogP contribution in [-0.2, 0) is 10.0 Å². The average molecular weight is 430 g/mol. The van der Waals surface area contributed by atoms with E-state index in [-0.39, 0.29) is 16.4 Å². The minimum absolute atomic E-state index is 0.0362. The minimum atomic E-state index is -3.65. The summed E-state index contributed by atoms with van der Waals surface area (Å²) in [6, 6.07) is 12.8. The van der Waals surface area contributed by atoms with Crippen LogP contribution in [0, 0.1) is 0 Å². The highest BCUT2D eigenvalue weighted by Crippen LogP contribution is 2.21. The molecule has 7 nitrogen and oxygen atoms in total. The van der Waals surface area contributed by atoms with E-state index in [9.17, 15) is 18.0 Å². The van der Waals surface area contributed by atoms with E-state index in [0.29, 0.717) is 24.3 Å². The van der Waals surface area contributed by atoms with Gasteiger partial charge in [0.05, 0.1) is 16.1 Å². The van der Waals surface area contributed by atoms with E-state index in [1.165, 1.54) is 32.3 Å². The van der Waals surface area contributed by atoms with Gasteiger partial charge >= 0.3 is 0 Å². The van der Waals surface area contributed by atoms with E-state index in [2.05, 4.69) is 5.32 Å². The van der Waals surface area contributed by atoms with Crippen LogP contribution in [0.4, 0.5) is 5.69 Å². The Morgan fingerprint density at radius 2 is 1.60 bits per heavy atom. The number of hydrogen-bond acceptors (Lipinski definition) is 4. The highest BCUT2D eigenvalue weighted by molar-refractivity contribution is 7.89. The first-order valence-corrected chi connectivity index (χ1v) is 11.5. The van der Waals surface area contributed by atoms with Crippen LogP contribution in [0.5, 0.6) is 0 Å². The predicted molar refractivity (Wildman–Crippen MR) is 116 cm³/mol. The Morgan fingerprint density at radius 1 is 0.933 bits per heavy atom. The van der Waals surface area contributed by atoms with Crippen molar-refractivity contribution >= 4 is 27.5 Å². The molecule has 30 heavy (non-hydrogen) atoms. The SMILES string of the molecule is CN(C)S(=O)(=O)c1cccc(C(=O)Nc2ccccc2C(=O)N2CCCCCC2)c1. The first-order chi connectivity index (χ1) is 14.3. The molecule has 0 atom stereocenters. The monoisotopic (exact) mass is 429 g/mol. The lowest BCUT2D eigenvalue weighted by Crippen LogP contribution is -2.32. The zero-order chi connectivity index (χ0) is 21.7. The molecule has 1 aliphatic rings. The van der Waals surface area contributed by atoms with Gasteiger partial charge in [0.2, 0.25) is 10.0 Å². The lowest BCUT2D eigenvalue weighted by molar-refractivity contribution is 0.0762. The second kappa shape index (κ2) is 9.40. The third kappa shape index (κ3) is 4.88. The first-order valence-electron chi connectivity index (χ1n) is 10.0. The zero-order valence-corrected chi connectivity index (χ0v) is 18.1. The summed E-state index contributed by atoms with van der Waals surface area (Å²) in [5.74, 6) is -0.571. The maximum atomic E-state index is 13.0. The van der Waals surface area contributed by atoms with E-state index in [4.69, 9.17) is 0 Å². The number of rotatable bonds is 5. The second-order valence-electron chi connectivity index (χ2n) is 7.52. The topological polar surface area (TPSA) is 86.8 Å². The number of amides is 2. The number of hydrogen-bond donors (Lipinski definition) is 1. The number of carbonyl (C=O) groups excluding carboxylic acids is 2. The number of benzene rings is 2. The van der Waals surface area contributed by atoms with Gasteiger partial charge in [0.15, 0.2) is 0 Å². The van der Waals surface area contributed by atoms with Crippen molar-refractivity contribution in [2.24, 2.45) is 0 Å². The van der Waals surface area contributed by atoms with Crippen molar-refractivity contribution in [1.29, 1.82) is 0 Å². The van der Waals surface area contributed by atoms with E-state index in [1.54, 1.807) is 30.3 Å². The summed E-state index contributed by atoms with van der Waals surface area (Å²) < 4.78 is 25.8. The Balaban J connectivity index is 1.84. The van der Waals surface area contributed by atoms with E-state index in [0.717, 1.165) is 30.0 Å². The third-order valence-electron chi connectivity index (χ3n) is 5.17. The molecule has 160 valence electrons. The van der Waals surface area contributed by atoms with Crippen molar-refractivity contribution in [3.63, 3.8) is 0 Å². The molecule has 0 aromatic heterocycles. The normalized spacial score (nSPS) is 15.0. The fourth-order valence-corrected chi connectivity index (χ4v) is 4.37. The van der Waals surface area contributed by atoms with Crippen LogP contribution in [0.1, 0.15) is 46.4 Å². The summed E-state index contributed by atoms with van der Waals surface area (Å²) in [5.41, 5.74) is 1.05. The van der Waals surface area contributed by atoms with Gasteiger partial charge in [-0.2, -0.15) is 0 Å². The summed E-state index contributed by atoms with van der Waals surface area (Å²) in [4.78, 5) is 27.7. The van der Waals surface area contributed by atoms with Gasteiger partial charge in [-0.3, -0.25) is 9.59 Å². The predicted octanol–water partition coefficient (Wildman–Crippen LogP) is 3.21. The van der Waals surface area contributed by atoms with Gasteiger partial charge < -0.3 is 10.2 Å². The lowest BCUT2D eigenvalue weighted by Gasteiger charge is -2.22. The molecule has 1 saturated heterocycles. The van der Waals surface area contributed by atoms with Crippen LogP contribution in [-0.4, -0.2) is 56.6 Å². The van der Waals surface area contributed by atoms with Crippen molar-refractivity contribution in [2.45, 2.75) is 30.6 Å². The van der Waals surface area contributed by atoms with Crippen molar-refractivity contribution in [2.75, 3.05) is 32.5 Å². The number of para-hydroxylation sites is 1.